The van der Waals surface area contributed by atoms with Crippen LogP contribution in [-0.4, -0.2) is 24.2 Å². The lowest BCUT2D eigenvalue weighted by Gasteiger charge is -2.05. The molecule has 92 valence electrons. The molecule has 17 heavy (non-hydrogen) atoms. The van der Waals surface area contributed by atoms with Crippen molar-refractivity contribution >= 4 is 23.4 Å². The fraction of sp³-hybridized carbons (Fsp3) is 0.333. The maximum atomic E-state index is 11.5. The van der Waals surface area contributed by atoms with Crippen LogP contribution in [0, 0.1) is 0 Å². The molecule has 0 aliphatic rings. The van der Waals surface area contributed by atoms with Gasteiger partial charge in [-0.15, -0.1) is 11.6 Å². The zero-order valence-corrected chi connectivity index (χ0v) is 10.4. The molecule has 0 saturated carbocycles. The van der Waals surface area contributed by atoms with Crippen molar-refractivity contribution in [1.82, 2.24) is 10.6 Å². The van der Waals surface area contributed by atoms with Gasteiger partial charge >= 0.3 is 0 Å². The van der Waals surface area contributed by atoms with Gasteiger partial charge in [0.2, 0.25) is 5.91 Å². The van der Waals surface area contributed by atoms with Gasteiger partial charge in [0.1, 0.15) is 5.88 Å². The largest absolute Gasteiger partial charge is 0.352 e. The first-order chi connectivity index (χ1) is 8.17. The smallest absolute Gasteiger partial charge is 0.251 e. The third kappa shape index (κ3) is 4.44. The Bertz CT molecular complexity index is 390. The van der Waals surface area contributed by atoms with Gasteiger partial charge in [-0.2, -0.15) is 0 Å². The molecule has 0 aromatic heterocycles. The fourth-order valence-electron chi connectivity index (χ4n) is 1.28. The normalized spacial score (nSPS) is 9.76. The molecule has 0 spiro atoms. The Morgan fingerprint density at radius 1 is 1.18 bits per heavy atom. The molecular formula is C12H15ClN2O2. The van der Waals surface area contributed by atoms with Crippen LogP contribution in [0.3, 0.4) is 0 Å². The van der Waals surface area contributed by atoms with E-state index in [4.69, 9.17) is 11.6 Å². The van der Waals surface area contributed by atoms with E-state index in [1.54, 1.807) is 24.3 Å². The van der Waals surface area contributed by atoms with Crippen molar-refractivity contribution in [3.63, 3.8) is 0 Å². The van der Waals surface area contributed by atoms with Crippen LogP contribution in [0.4, 0.5) is 0 Å². The van der Waals surface area contributed by atoms with Crippen LogP contribution in [0.25, 0.3) is 0 Å². The lowest BCUT2D eigenvalue weighted by Crippen LogP contribution is -2.24. The first-order valence-corrected chi connectivity index (χ1v) is 5.90. The highest BCUT2D eigenvalue weighted by atomic mass is 35.5. The number of hydrogen-bond acceptors (Lipinski definition) is 2. The molecule has 0 saturated heterocycles. The molecule has 0 radical (unpaired) electrons. The number of alkyl halides is 1. The van der Waals surface area contributed by atoms with Crippen LogP contribution in [0.5, 0.6) is 0 Å². The predicted octanol–water partition coefficient (Wildman–Crippen LogP) is 1.29. The van der Waals surface area contributed by atoms with Gasteiger partial charge in [0, 0.05) is 18.7 Å². The van der Waals surface area contributed by atoms with Crippen LogP contribution < -0.4 is 10.6 Å². The minimum atomic E-state index is -0.209. The Morgan fingerprint density at radius 3 is 2.35 bits per heavy atom. The van der Waals surface area contributed by atoms with Crippen molar-refractivity contribution in [2.24, 2.45) is 0 Å². The molecule has 0 heterocycles. The summed E-state index contributed by atoms with van der Waals surface area (Å²) in [5.41, 5.74) is 1.54. The molecule has 1 aromatic rings. The Morgan fingerprint density at radius 2 is 1.82 bits per heavy atom. The molecular weight excluding hydrogens is 240 g/mol. The van der Waals surface area contributed by atoms with Gasteiger partial charge < -0.3 is 10.6 Å². The number of halogens is 1. The predicted molar refractivity (Wildman–Crippen MR) is 67.0 cm³/mol. The summed E-state index contributed by atoms with van der Waals surface area (Å²) >= 11 is 5.35. The Labute approximate surface area is 105 Å². The Hall–Kier alpha value is -1.55. The summed E-state index contributed by atoms with van der Waals surface area (Å²) in [6, 6.07) is 7.07. The van der Waals surface area contributed by atoms with Crippen LogP contribution in [0.1, 0.15) is 22.8 Å². The average Bonchev–Trinajstić information content (AvgIpc) is 2.36. The van der Waals surface area contributed by atoms with E-state index in [9.17, 15) is 9.59 Å². The second-order valence-corrected chi connectivity index (χ2v) is 3.73. The molecule has 0 aliphatic carbocycles. The molecule has 5 heteroatoms. The van der Waals surface area contributed by atoms with Crippen molar-refractivity contribution in [1.29, 1.82) is 0 Å². The number of rotatable bonds is 5. The minimum Gasteiger partial charge on any atom is -0.352 e. The maximum Gasteiger partial charge on any atom is 0.251 e. The van der Waals surface area contributed by atoms with Gasteiger partial charge in [-0.3, -0.25) is 9.59 Å². The average molecular weight is 255 g/mol. The van der Waals surface area contributed by atoms with Crippen molar-refractivity contribution in [2.45, 2.75) is 13.5 Å². The number of hydrogen-bond donors (Lipinski definition) is 2. The quantitative estimate of drug-likeness (QED) is 0.778. The monoisotopic (exact) mass is 254 g/mol. The number of carbonyl (C=O) groups is 2. The summed E-state index contributed by atoms with van der Waals surface area (Å²) in [5, 5.41) is 5.37. The summed E-state index contributed by atoms with van der Waals surface area (Å²) in [5.74, 6) is -0.347. The highest BCUT2D eigenvalue weighted by molar-refractivity contribution is 6.27. The van der Waals surface area contributed by atoms with Crippen molar-refractivity contribution in [3.05, 3.63) is 35.4 Å². The summed E-state index contributed by atoms with van der Waals surface area (Å²) in [4.78, 5) is 22.4. The molecule has 1 rings (SSSR count). The Kier molecular flexibility index (Phi) is 5.49. The van der Waals surface area contributed by atoms with E-state index >= 15 is 0 Å². The summed E-state index contributed by atoms with van der Waals surface area (Å²) < 4.78 is 0. The fourth-order valence-corrected chi connectivity index (χ4v) is 1.38. The first kappa shape index (κ1) is 13.5. The van der Waals surface area contributed by atoms with Gasteiger partial charge in [0.25, 0.3) is 5.91 Å². The summed E-state index contributed by atoms with van der Waals surface area (Å²) in [7, 11) is 0. The van der Waals surface area contributed by atoms with E-state index in [-0.39, 0.29) is 17.7 Å². The Balaban J connectivity index is 2.56. The van der Waals surface area contributed by atoms with Gasteiger partial charge in [-0.1, -0.05) is 12.1 Å². The van der Waals surface area contributed by atoms with Crippen molar-refractivity contribution in [3.8, 4) is 0 Å². The minimum absolute atomic E-state index is 0.0447. The standard InChI is InChI=1S/C12H15ClN2O2/c1-2-14-12(17)10-5-3-9(4-6-10)8-15-11(16)7-13/h3-6H,2,7-8H2,1H3,(H,14,17)(H,15,16). The van der Waals surface area contributed by atoms with E-state index in [0.717, 1.165) is 5.56 Å². The van der Waals surface area contributed by atoms with Crippen LogP contribution in [0.15, 0.2) is 24.3 Å². The number of amides is 2. The van der Waals surface area contributed by atoms with Crippen LogP contribution in [-0.2, 0) is 11.3 Å². The third-order valence-corrected chi connectivity index (χ3v) is 2.41. The van der Waals surface area contributed by atoms with Gasteiger partial charge in [-0.05, 0) is 24.6 Å². The molecule has 2 N–H and O–H groups in total. The van der Waals surface area contributed by atoms with Crippen molar-refractivity contribution < 1.29 is 9.59 Å². The number of carbonyl (C=O) groups excluding carboxylic acids is 2. The molecule has 0 unspecified atom stereocenters. The summed E-state index contributed by atoms with van der Waals surface area (Å²) in [6.07, 6.45) is 0. The molecule has 0 aliphatic heterocycles. The van der Waals surface area contributed by atoms with Gasteiger partial charge in [0.05, 0.1) is 0 Å². The zero-order valence-electron chi connectivity index (χ0n) is 9.63. The molecule has 1 aromatic carbocycles. The number of benzene rings is 1. The molecule has 0 bridgehead atoms. The molecule has 2 amide bonds. The molecule has 0 fully saturated rings. The third-order valence-electron chi connectivity index (χ3n) is 2.16. The highest BCUT2D eigenvalue weighted by Crippen LogP contribution is 2.04. The van der Waals surface area contributed by atoms with E-state index < -0.39 is 0 Å². The van der Waals surface area contributed by atoms with Crippen molar-refractivity contribution in [2.75, 3.05) is 12.4 Å². The maximum absolute atomic E-state index is 11.5. The lowest BCUT2D eigenvalue weighted by molar-refractivity contribution is -0.118. The van der Waals surface area contributed by atoms with Gasteiger partial charge in [0.15, 0.2) is 0 Å². The van der Waals surface area contributed by atoms with Crippen LogP contribution >= 0.6 is 11.6 Å². The van der Waals surface area contributed by atoms with Crippen LogP contribution in [0.2, 0.25) is 0 Å². The topological polar surface area (TPSA) is 58.2 Å². The first-order valence-electron chi connectivity index (χ1n) is 5.37. The second kappa shape index (κ2) is 6.91. The molecule has 0 atom stereocenters. The highest BCUT2D eigenvalue weighted by Gasteiger charge is 2.04. The van der Waals surface area contributed by atoms with E-state index in [1.165, 1.54) is 0 Å². The van der Waals surface area contributed by atoms with E-state index in [2.05, 4.69) is 10.6 Å². The zero-order chi connectivity index (χ0) is 12.7. The second-order valence-electron chi connectivity index (χ2n) is 3.47. The summed E-state index contributed by atoms with van der Waals surface area (Å²) in [6.45, 7) is 2.89. The van der Waals surface area contributed by atoms with E-state index in [0.29, 0.717) is 18.7 Å². The number of nitrogens with one attached hydrogen (secondary N) is 2. The van der Waals surface area contributed by atoms with Gasteiger partial charge in [-0.25, -0.2) is 0 Å². The lowest BCUT2D eigenvalue weighted by atomic mass is 10.1. The molecule has 4 nitrogen and oxygen atoms in total. The SMILES string of the molecule is CCNC(=O)c1ccc(CNC(=O)CCl)cc1. The van der Waals surface area contributed by atoms with E-state index in [1.807, 2.05) is 6.92 Å².